The van der Waals surface area contributed by atoms with Gasteiger partial charge < -0.3 is 20.1 Å². The van der Waals surface area contributed by atoms with Gasteiger partial charge in [0.05, 0.1) is 12.1 Å². The van der Waals surface area contributed by atoms with Crippen molar-refractivity contribution >= 4 is 6.03 Å². The van der Waals surface area contributed by atoms with Crippen molar-refractivity contribution in [2.24, 2.45) is 0 Å². The van der Waals surface area contributed by atoms with Crippen molar-refractivity contribution in [1.82, 2.24) is 10.2 Å². The first-order chi connectivity index (χ1) is 9.23. The number of halogens is 3. The van der Waals surface area contributed by atoms with E-state index in [4.69, 9.17) is 4.74 Å². The van der Waals surface area contributed by atoms with E-state index in [1.807, 2.05) is 6.92 Å². The van der Waals surface area contributed by atoms with Gasteiger partial charge in [-0.2, -0.15) is 13.2 Å². The molecule has 2 saturated heterocycles. The van der Waals surface area contributed by atoms with E-state index in [2.05, 4.69) is 5.32 Å². The molecule has 0 aromatic rings. The highest BCUT2D eigenvalue weighted by molar-refractivity contribution is 5.74. The average Bonchev–Trinajstić information content (AvgIpc) is 2.74. The van der Waals surface area contributed by atoms with Crippen LogP contribution in [0.15, 0.2) is 0 Å². The molecule has 0 aromatic carbocycles. The molecule has 20 heavy (non-hydrogen) atoms. The second kappa shape index (κ2) is 5.40. The first kappa shape index (κ1) is 15.4. The molecule has 0 radical (unpaired) electrons. The molecule has 5 nitrogen and oxygen atoms in total. The molecular formula is C12H19F3N2O3. The zero-order valence-electron chi connectivity index (χ0n) is 11.2. The number of carbonyl (C=O) groups excluding carboxylic acids is 1. The number of alkyl halides is 3. The summed E-state index contributed by atoms with van der Waals surface area (Å²) < 4.78 is 43.3. The van der Waals surface area contributed by atoms with E-state index in [1.54, 1.807) is 0 Å². The van der Waals surface area contributed by atoms with Crippen molar-refractivity contribution < 1.29 is 27.8 Å². The van der Waals surface area contributed by atoms with Crippen LogP contribution >= 0.6 is 0 Å². The number of hydrogen-bond donors (Lipinski definition) is 2. The molecule has 0 aromatic heterocycles. The van der Waals surface area contributed by atoms with Crippen molar-refractivity contribution in [1.29, 1.82) is 0 Å². The first-order valence-electron chi connectivity index (χ1n) is 6.69. The third-order valence-electron chi connectivity index (χ3n) is 4.09. The van der Waals surface area contributed by atoms with Crippen LogP contribution in [-0.4, -0.2) is 59.7 Å². The average molecular weight is 296 g/mol. The fourth-order valence-corrected chi connectivity index (χ4v) is 2.53. The van der Waals surface area contributed by atoms with Gasteiger partial charge in [0.25, 0.3) is 0 Å². The number of rotatable bonds is 1. The zero-order chi connectivity index (χ0) is 15.0. The molecule has 0 aliphatic carbocycles. The van der Waals surface area contributed by atoms with E-state index in [1.165, 1.54) is 4.90 Å². The maximum atomic E-state index is 12.6. The standard InChI is InChI=1S/C12H19F3N2O3/c1-8-9(2-7-20-8)16-10(18)17-5-3-11(19,4-6-17)12(13,14)15/h8-9,19H,2-7H2,1H3,(H,16,18)/t8-,9-/m1/s1. The molecule has 2 aliphatic rings. The SMILES string of the molecule is C[C@H]1OCC[C@H]1NC(=O)N1CCC(O)(C(F)(F)F)CC1. The van der Waals surface area contributed by atoms with Crippen LogP contribution in [0.25, 0.3) is 0 Å². The Morgan fingerprint density at radius 2 is 2.00 bits per heavy atom. The second-order valence-corrected chi connectivity index (χ2v) is 5.44. The molecule has 2 rings (SSSR count). The summed E-state index contributed by atoms with van der Waals surface area (Å²) in [5.74, 6) is 0. The van der Waals surface area contributed by atoms with Crippen molar-refractivity contribution in [2.75, 3.05) is 19.7 Å². The predicted molar refractivity (Wildman–Crippen MR) is 64.2 cm³/mol. The predicted octanol–water partition coefficient (Wildman–Crippen LogP) is 1.26. The van der Waals surface area contributed by atoms with E-state index in [9.17, 15) is 23.1 Å². The van der Waals surface area contributed by atoms with Crippen molar-refractivity contribution in [2.45, 2.75) is 50.1 Å². The summed E-state index contributed by atoms with van der Waals surface area (Å²) in [7, 11) is 0. The largest absolute Gasteiger partial charge is 0.417 e. The summed E-state index contributed by atoms with van der Waals surface area (Å²) in [6.07, 6.45) is -5.01. The summed E-state index contributed by atoms with van der Waals surface area (Å²) in [6, 6.07) is -0.498. The van der Waals surface area contributed by atoms with Crippen LogP contribution < -0.4 is 5.32 Å². The topological polar surface area (TPSA) is 61.8 Å². The number of ether oxygens (including phenoxy) is 1. The summed E-state index contributed by atoms with van der Waals surface area (Å²) >= 11 is 0. The molecule has 0 unspecified atom stereocenters. The van der Waals surface area contributed by atoms with Crippen LogP contribution in [0.1, 0.15) is 26.2 Å². The second-order valence-electron chi connectivity index (χ2n) is 5.44. The fourth-order valence-electron chi connectivity index (χ4n) is 2.53. The van der Waals surface area contributed by atoms with Crippen LogP contribution in [0.5, 0.6) is 0 Å². The Kier molecular flexibility index (Phi) is 4.15. The molecule has 2 amide bonds. The molecule has 0 spiro atoms. The quantitative estimate of drug-likeness (QED) is 0.766. The van der Waals surface area contributed by atoms with E-state index in [0.717, 1.165) is 0 Å². The third-order valence-corrected chi connectivity index (χ3v) is 4.09. The number of hydrogen-bond acceptors (Lipinski definition) is 3. The Labute approximate surface area is 115 Å². The van der Waals surface area contributed by atoms with Crippen LogP contribution in [0, 0.1) is 0 Å². The lowest BCUT2D eigenvalue weighted by Gasteiger charge is -2.39. The Bertz CT molecular complexity index is 367. The molecule has 8 heteroatoms. The van der Waals surface area contributed by atoms with Gasteiger partial charge in [0.15, 0.2) is 5.60 Å². The van der Waals surface area contributed by atoms with Crippen molar-refractivity contribution in [3.8, 4) is 0 Å². The van der Waals surface area contributed by atoms with Gasteiger partial charge in [-0.15, -0.1) is 0 Å². The van der Waals surface area contributed by atoms with Gasteiger partial charge in [0.1, 0.15) is 0 Å². The fraction of sp³-hybridized carbons (Fsp3) is 0.917. The van der Waals surface area contributed by atoms with Crippen LogP contribution in [0.3, 0.4) is 0 Å². The van der Waals surface area contributed by atoms with E-state index < -0.39 is 30.7 Å². The minimum absolute atomic E-state index is 0.0872. The molecular weight excluding hydrogens is 277 g/mol. The number of nitrogens with zero attached hydrogens (tertiary/aromatic N) is 1. The van der Waals surface area contributed by atoms with Gasteiger partial charge >= 0.3 is 12.2 Å². The minimum Gasteiger partial charge on any atom is -0.380 e. The number of aliphatic hydroxyl groups is 1. The van der Waals surface area contributed by atoms with Crippen LogP contribution in [0.4, 0.5) is 18.0 Å². The lowest BCUT2D eigenvalue weighted by molar-refractivity contribution is -0.271. The summed E-state index contributed by atoms with van der Waals surface area (Å²) in [6.45, 7) is 2.20. The normalized spacial score (nSPS) is 30.4. The Morgan fingerprint density at radius 3 is 2.45 bits per heavy atom. The minimum atomic E-state index is -4.65. The molecule has 2 N–H and O–H groups in total. The summed E-state index contributed by atoms with van der Waals surface area (Å²) in [5.41, 5.74) is -2.67. The van der Waals surface area contributed by atoms with Gasteiger partial charge in [-0.05, 0) is 13.3 Å². The number of piperidine rings is 1. The molecule has 116 valence electrons. The highest BCUT2D eigenvalue weighted by Crippen LogP contribution is 2.38. The van der Waals surface area contributed by atoms with E-state index >= 15 is 0 Å². The summed E-state index contributed by atoms with van der Waals surface area (Å²) in [5, 5.41) is 12.3. The number of carbonyl (C=O) groups is 1. The van der Waals surface area contributed by atoms with Gasteiger partial charge in [-0.1, -0.05) is 0 Å². The number of amides is 2. The monoisotopic (exact) mass is 296 g/mol. The van der Waals surface area contributed by atoms with Crippen LogP contribution in [-0.2, 0) is 4.74 Å². The number of urea groups is 1. The van der Waals surface area contributed by atoms with Gasteiger partial charge in [-0.3, -0.25) is 0 Å². The molecule has 2 atom stereocenters. The molecule has 2 fully saturated rings. The summed E-state index contributed by atoms with van der Waals surface area (Å²) in [4.78, 5) is 13.3. The Hall–Kier alpha value is -1.02. The smallest absolute Gasteiger partial charge is 0.380 e. The van der Waals surface area contributed by atoms with Gasteiger partial charge in [0.2, 0.25) is 0 Å². The first-order valence-corrected chi connectivity index (χ1v) is 6.69. The molecule has 2 heterocycles. The van der Waals surface area contributed by atoms with Crippen molar-refractivity contribution in [3.63, 3.8) is 0 Å². The number of nitrogens with one attached hydrogen (secondary N) is 1. The van der Waals surface area contributed by atoms with Crippen LogP contribution in [0.2, 0.25) is 0 Å². The highest BCUT2D eigenvalue weighted by Gasteiger charge is 2.55. The Morgan fingerprint density at radius 1 is 1.40 bits per heavy atom. The van der Waals surface area contributed by atoms with Gasteiger partial charge in [0, 0.05) is 32.5 Å². The van der Waals surface area contributed by atoms with Gasteiger partial charge in [-0.25, -0.2) is 4.79 Å². The lowest BCUT2D eigenvalue weighted by atomic mass is 9.91. The maximum absolute atomic E-state index is 12.6. The lowest BCUT2D eigenvalue weighted by Crippen LogP contribution is -2.57. The third kappa shape index (κ3) is 3.01. The van der Waals surface area contributed by atoms with E-state index in [0.29, 0.717) is 13.0 Å². The molecule has 2 aliphatic heterocycles. The van der Waals surface area contributed by atoms with E-state index in [-0.39, 0.29) is 25.2 Å². The molecule has 0 saturated carbocycles. The molecule has 0 bridgehead atoms. The highest BCUT2D eigenvalue weighted by atomic mass is 19.4. The maximum Gasteiger partial charge on any atom is 0.417 e. The zero-order valence-corrected chi connectivity index (χ0v) is 11.2. The Balaban J connectivity index is 1.86. The number of likely N-dealkylation sites (tertiary alicyclic amines) is 1. The van der Waals surface area contributed by atoms with Crippen molar-refractivity contribution in [3.05, 3.63) is 0 Å².